The molecule has 0 spiro atoms. The van der Waals surface area contributed by atoms with Gasteiger partial charge in [-0.05, 0) is 12.8 Å². The summed E-state index contributed by atoms with van der Waals surface area (Å²) in [5.74, 6) is 0.699. The second kappa shape index (κ2) is 5.19. The van der Waals surface area contributed by atoms with Crippen LogP contribution in [0.15, 0.2) is 19.1 Å². The van der Waals surface area contributed by atoms with Crippen LogP contribution in [0.4, 0.5) is 17.3 Å². The largest absolute Gasteiger partial charge is 0.394 e. The summed E-state index contributed by atoms with van der Waals surface area (Å²) in [5, 5.41) is 9.07. The van der Waals surface area contributed by atoms with Gasteiger partial charge in [0.2, 0.25) is 0 Å². The Bertz CT molecular complexity index is 439. The summed E-state index contributed by atoms with van der Waals surface area (Å²) in [4.78, 5) is 9.63. The fourth-order valence-electron chi connectivity index (χ4n) is 1.97. The van der Waals surface area contributed by atoms with E-state index in [0.29, 0.717) is 11.5 Å². The van der Waals surface area contributed by atoms with Gasteiger partial charge < -0.3 is 26.2 Å². The lowest BCUT2D eigenvalue weighted by molar-refractivity contribution is 0.0142. The number of hydrogen-bond acceptors (Lipinski definition) is 7. The van der Waals surface area contributed by atoms with Crippen molar-refractivity contribution in [2.45, 2.75) is 25.2 Å². The minimum Gasteiger partial charge on any atom is -0.394 e. The van der Waals surface area contributed by atoms with Gasteiger partial charge in [-0.1, -0.05) is 6.58 Å². The molecule has 0 aromatic carbocycles. The van der Waals surface area contributed by atoms with Crippen molar-refractivity contribution in [3.63, 3.8) is 0 Å². The molecule has 1 aliphatic rings. The normalized spacial score (nSPS) is 22.9. The quantitative estimate of drug-likeness (QED) is 0.695. The molecule has 1 fully saturated rings. The number of nitrogens with two attached hydrogens (primary N) is 2. The summed E-state index contributed by atoms with van der Waals surface area (Å²) in [6.07, 6.45) is 4.08. The third kappa shape index (κ3) is 2.22. The number of aliphatic hydroxyl groups excluding tert-OH is 1. The molecule has 18 heavy (non-hydrogen) atoms. The molecule has 1 saturated heterocycles. The van der Waals surface area contributed by atoms with E-state index in [2.05, 4.69) is 16.5 Å². The molecule has 1 unspecified atom stereocenters. The Morgan fingerprint density at radius 2 is 2.28 bits per heavy atom. The summed E-state index contributed by atoms with van der Waals surface area (Å²) in [5.41, 5.74) is 11.8. The highest BCUT2D eigenvalue weighted by molar-refractivity contribution is 5.74. The lowest BCUT2D eigenvalue weighted by atomic mass is 10.2. The minimum atomic E-state index is -0.240. The molecule has 2 atom stereocenters. The van der Waals surface area contributed by atoms with Crippen molar-refractivity contribution in [1.29, 1.82) is 0 Å². The van der Waals surface area contributed by atoms with Crippen molar-refractivity contribution in [2.24, 2.45) is 0 Å². The van der Waals surface area contributed by atoms with Crippen LogP contribution in [0, 0.1) is 0 Å². The monoisotopic (exact) mass is 251 g/mol. The molecule has 0 aliphatic carbocycles. The molecule has 0 saturated carbocycles. The topological polar surface area (TPSA) is 111 Å². The Kier molecular flexibility index (Phi) is 3.63. The first kappa shape index (κ1) is 12.6. The number of anilines is 3. The molecular formula is C11H17N5O2. The number of hydrogen-bond donors (Lipinski definition) is 3. The number of aromatic nitrogens is 2. The van der Waals surface area contributed by atoms with Gasteiger partial charge in [-0.2, -0.15) is 0 Å². The zero-order valence-electron chi connectivity index (χ0n) is 9.99. The first-order valence-electron chi connectivity index (χ1n) is 5.70. The van der Waals surface area contributed by atoms with Crippen LogP contribution in [0.1, 0.15) is 12.8 Å². The fourth-order valence-corrected chi connectivity index (χ4v) is 1.97. The second-order valence-corrected chi connectivity index (χ2v) is 4.06. The molecule has 7 nitrogen and oxygen atoms in total. The third-order valence-corrected chi connectivity index (χ3v) is 2.93. The molecule has 1 aliphatic heterocycles. The average molecular weight is 251 g/mol. The van der Waals surface area contributed by atoms with Crippen LogP contribution in [0.25, 0.3) is 0 Å². The Balaban J connectivity index is 2.23. The van der Waals surface area contributed by atoms with E-state index in [0.717, 1.165) is 12.8 Å². The SMILES string of the molecule is C=CN(c1ncnc(N)c1N)C1CC[C@@H](CO)O1. The van der Waals surface area contributed by atoms with Gasteiger partial charge in [0.05, 0.1) is 12.7 Å². The Morgan fingerprint density at radius 3 is 2.89 bits per heavy atom. The molecule has 98 valence electrons. The van der Waals surface area contributed by atoms with E-state index < -0.39 is 0 Å². The maximum absolute atomic E-state index is 9.07. The smallest absolute Gasteiger partial charge is 0.163 e. The van der Waals surface area contributed by atoms with E-state index >= 15 is 0 Å². The summed E-state index contributed by atoms with van der Waals surface area (Å²) in [6.45, 7) is 3.73. The van der Waals surface area contributed by atoms with Crippen molar-refractivity contribution in [3.8, 4) is 0 Å². The lowest BCUT2D eigenvalue weighted by Crippen LogP contribution is -2.32. The van der Waals surface area contributed by atoms with Crippen molar-refractivity contribution >= 4 is 17.3 Å². The number of rotatable bonds is 4. The summed E-state index contributed by atoms with van der Waals surface area (Å²) < 4.78 is 5.66. The van der Waals surface area contributed by atoms with E-state index in [1.54, 1.807) is 11.1 Å². The Labute approximate surface area is 105 Å². The van der Waals surface area contributed by atoms with Gasteiger partial charge in [-0.3, -0.25) is 0 Å². The first-order chi connectivity index (χ1) is 8.67. The fraction of sp³-hybridized carbons (Fsp3) is 0.455. The van der Waals surface area contributed by atoms with Gasteiger partial charge >= 0.3 is 0 Å². The molecule has 0 amide bonds. The van der Waals surface area contributed by atoms with Gasteiger partial charge in [0.25, 0.3) is 0 Å². The number of nitrogens with zero attached hydrogens (tertiary/aromatic N) is 3. The van der Waals surface area contributed by atoms with E-state index in [4.69, 9.17) is 21.3 Å². The lowest BCUT2D eigenvalue weighted by Gasteiger charge is -2.27. The van der Waals surface area contributed by atoms with E-state index in [1.165, 1.54) is 6.33 Å². The van der Waals surface area contributed by atoms with Gasteiger partial charge in [0, 0.05) is 6.20 Å². The molecule has 1 aromatic heterocycles. The summed E-state index contributed by atoms with van der Waals surface area (Å²) in [6, 6.07) is 0. The Hall–Kier alpha value is -1.86. The van der Waals surface area contributed by atoms with Crippen LogP contribution < -0.4 is 16.4 Å². The van der Waals surface area contributed by atoms with Crippen LogP contribution >= 0.6 is 0 Å². The average Bonchev–Trinajstić information content (AvgIpc) is 2.84. The van der Waals surface area contributed by atoms with Gasteiger partial charge in [-0.15, -0.1) is 0 Å². The van der Waals surface area contributed by atoms with E-state index in [9.17, 15) is 0 Å². The second-order valence-electron chi connectivity index (χ2n) is 4.06. The highest BCUT2D eigenvalue weighted by atomic mass is 16.5. The Morgan fingerprint density at radius 1 is 1.50 bits per heavy atom. The molecule has 7 heteroatoms. The molecule has 5 N–H and O–H groups in total. The molecular weight excluding hydrogens is 234 g/mol. The standard InChI is InChI=1S/C11H17N5O2/c1-2-16(8-4-3-7(5-17)18-8)11-9(12)10(13)14-6-15-11/h2,6-8,17H,1,3-5,12H2,(H2,13,14,15)/t7-,8?/m0/s1. The maximum atomic E-state index is 9.07. The zero-order chi connectivity index (χ0) is 13.1. The summed E-state index contributed by atoms with van der Waals surface area (Å²) in [7, 11) is 0. The predicted molar refractivity (Wildman–Crippen MR) is 68.5 cm³/mol. The molecule has 1 aromatic rings. The number of aliphatic hydroxyl groups is 1. The van der Waals surface area contributed by atoms with Crippen LogP contribution in [0.3, 0.4) is 0 Å². The molecule has 0 bridgehead atoms. The van der Waals surface area contributed by atoms with Gasteiger partial charge in [-0.25, -0.2) is 9.97 Å². The van der Waals surface area contributed by atoms with Crippen LogP contribution in [-0.2, 0) is 4.74 Å². The maximum Gasteiger partial charge on any atom is 0.163 e. The third-order valence-electron chi connectivity index (χ3n) is 2.93. The molecule has 2 rings (SSSR count). The van der Waals surface area contributed by atoms with Crippen LogP contribution in [0.2, 0.25) is 0 Å². The number of ether oxygens (including phenoxy) is 1. The first-order valence-corrected chi connectivity index (χ1v) is 5.70. The van der Waals surface area contributed by atoms with Gasteiger partial charge in [0.15, 0.2) is 11.6 Å². The van der Waals surface area contributed by atoms with Crippen molar-refractivity contribution < 1.29 is 9.84 Å². The van der Waals surface area contributed by atoms with Gasteiger partial charge in [0.1, 0.15) is 18.2 Å². The van der Waals surface area contributed by atoms with Crippen molar-refractivity contribution in [3.05, 3.63) is 19.1 Å². The van der Waals surface area contributed by atoms with Crippen LogP contribution in [-0.4, -0.2) is 34.0 Å². The summed E-state index contributed by atoms with van der Waals surface area (Å²) >= 11 is 0. The highest BCUT2D eigenvalue weighted by Crippen LogP contribution is 2.31. The zero-order valence-corrected chi connectivity index (χ0v) is 9.99. The van der Waals surface area contributed by atoms with E-state index in [1.807, 2.05) is 0 Å². The minimum absolute atomic E-state index is 0.00285. The number of nitrogen functional groups attached to an aromatic ring is 2. The van der Waals surface area contributed by atoms with E-state index in [-0.39, 0.29) is 24.8 Å². The molecule has 0 radical (unpaired) electrons. The van der Waals surface area contributed by atoms with Crippen molar-refractivity contribution in [2.75, 3.05) is 23.0 Å². The predicted octanol–water partition coefficient (Wildman–Crippen LogP) is 0.0883. The van der Waals surface area contributed by atoms with Crippen LogP contribution in [0.5, 0.6) is 0 Å². The molecule has 2 heterocycles. The van der Waals surface area contributed by atoms with Crippen molar-refractivity contribution in [1.82, 2.24) is 9.97 Å². The highest BCUT2D eigenvalue weighted by Gasteiger charge is 2.30.